The summed E-state index contributed by atoms with van der Waals surface area (Å²) in [6.45, 7) is 1.56. The summed E-state index contributed by atoms with van der Waals surface area (Å²) in [4.78, 5) is 55.1. The van der Waals surface area contributed by atoms with Gasteiger partial charge in [0.25, 0.3) is 0 Å². The smallest absolute Gasteiger partial charge is 0.243 e. The standard InChI is InChI=1S/C32H42N6O4/c1-20(36-31(41)25(33)16-21-10-4-2-5-11-21)30(40)38-28(18-23-19-35-26-15-9-8-14-24(23)26)32(42)37-27(29(34)39)17-22-12-6-3-7-13-22/h3,6-9,12-15,19-21,25,27-28,35H,2,4-5,10-11,16-18,33H2,1H3,(H2,34,39)(H,36,41)(H,37,42)(H,38,40)/t20-,25+,27-,28-/m0/s1. The largest absolute Gasteiger partial charge is 0.368 e. The molecule has 1 aliphatic carbocycles. The Kier molecular flexibility index (Phi) is 10.7. The zero-order chi connectivity index (χ0) is 30.1. The van der Waals surface area contributed by atoms with Crippen LogP contribution in [0.1, 0.15) is 56.6 Å². The van der Waals surface area contributed by atoms with Crippen LogP contribution in [0.5, 0.6) is 0 Å². The number of hydrogen-bond acceptors (Lipinski definition) is 5. The number of nitrogens with one attached hydrogen (secondary N) is 4. The number of hydrogen-bond donors (Lipinski definition) is 6. The van der Waals surface area contributed by atoms with Gasteiger partial charge in [-0.15, -0.1) is 0 Å². The lowest BCUT2D eigenvalue weighted by Gasteiger charge is -2.26. The Hall–Kier alpha value is -4.18. The maximum absolute atomic E-state index is 13.6. The Morgan fingerprint density at radius 2 is 1.50 bits per heavy atom. The number of fused-ring (bicyclic) bond motifs is 1. The van der Waals surface area contributed by atoms with Crippen molar-refractivity contribution in [3.05, 3.63) is 71.9 Å². The second-order valence-electron chi connectivity index (χ2n) is 11.4. The Morgan fingerprint density at radius 3 is 2.21 bits per heavy atom. The number of benzene rings is 2. The number of amides is 4. The molecule has 3 aromatic rings. The summed E-state index contributed by atoms with van der Waals surface area (Å²) in [5.41, 5.74) is 14.4. The maximum atomic E-state index is 13.6. The fourth-order valence-corrected chi connectivity index (χ4v) is 5.65. The molecule has 0 saturated heterocycles. The third kappa shape index (κ3) is 8.42. The van der Waals surface area contributed by atoms with Crippen LogP contribution < -0.4 is 27.4 Å². The Morgan fingerprint density at radius 1 is 0.833 bits per heavy atom. The molecule has 2 aromatic carbocycles. The van der Waals surface area contributed by atoms with E-state index in [4.69, 9.17) is 11.5 Å². The summed E-state index contributed by atoms with van der Waals surface area (Å²) in [7, 11) is 0. The molecule has 8 N–H and O–H groups in total. The summed E-state index contributed by atoms with van der Waals surface area (Å²) in [5, 5.41) is 9.13. The summed E-state index contributed by atoms with van der Waals surface area (Å²) in [6, 6.07) is 13.2. The van der Waals surface area contributed by atoms with E-state index in [0.717, 1.165) is 47.7 Å². The van der Waals surface area contributed by atoms with Gasteiger partial charge in [-0.25, -0.2) is 0 Å². The Bertz CT molecular complexity index is 1370. The van der Waals surface area contributed by atoms with Crippen molar-refractivity contribution in [2.75, 3.05) is 0 Å². The predicted molar refractivity (Wildman–Crippen MR) is 162 cm³/mol. The molecule has 1 aromatic heterocycles. The molecule has 4 rings (SSSR count). The zero-order valence-corrected chi connectivity index (χ0v) is 24.1. The van der Waals surface area contributed by atoms with Gasteiger partial charge in [0.1, 0.15) is 18.1 Å². The molecule has 4 amide bonds. The van der Waals surface area contributed by atoms with Gasteiger partial charge in [0.2, 0.25) is 23.6 Å². The average molecular weight is 575 g/mol. The monoisotopic (exact) mass is 574 g/mol. The minimum Gasteiger partial charge on any atom is -0.368 e. The highest BCUT2D eigenvalue weighted by Gasteiger charge is 2.30. The molecule has 224 valence electrons. The van der Waals surface area contributed by atoms with Crippen LogP contribution in [0.2, 0.25) is 0 Å². The van der Waals surface area contributed by atoms with Crippen molar-refractivity contribution >= 4 is 34.5 Å². The van der Waals surface area contributed by atoms with Crippen LogP contribution in [-0.2, 0) is 32.0 Å². The van der Waals surface area contributed by atoms with Crippen LogP contribution in [0.25, 0.3) is 10.9 Å². The molecule has 4 atom stereocenters. The van der Waals surface area contributed by atoms with Crippen LogP contribution >= 0.6 is 0 Å². The molecule has 10 nitrogen and oxygen atoms in total. The summed E-state index contributed by atoms with van der Waals surface area (Å²) >= 11 is 0. The third-order valence-electron chi connectivity index (χ3n) is 8.08. The molecule has 1 saturated carbocycles. The molecule has 42 heavy (non-hydrogen) atoms. The number of aromatic amines is 1. The van der Waals surface area contributed by atoms with Crippen molar-refractivity contribution in [3.8, 4) is 0 Å². The molecule has 1 aliphatic rings. The van der Waals surface area contributed by atoms with Crippen LogP contribution in [0, 0.1) is 5.92 Å². The van der Waals surface area contributed by atoms with Gasteiger partial charge in [-0.3, -0.25) is 19.2 Å². The van der Waals surface area contributed by atoms with Gasteiger partial charge in [-0.05, 0) is 36.5 Å². The van der Waals surface area contributed by atoms with Gasteiger partial charge in [-0.1, -0.05) is 80.6 Å². The highest BCUT2D eigenvalue weighted by Crippen LogP contribution is 2.27. The molecule has 0 radical (unpaired) electrons. The fraction of sp³-hybridized carbons (Fsp3) is 0.438. The van der Waals surface area contributed by atoms with E-state index in [-0.39, 0.29) is 12.8 Å². The molecule has 10 heteroatoms. The van der Waals surface area contributed by atoms with Gasteiger partial charge < -0.3 is 32.4 Å². The van der Waals surface area contributed by atoms with Gasteiger partial charge in [0, 0.05) is 29.9 Å². The topological polar surface area (TPSA) is 172 Å². The molecular formula is C32H42N6O4. The number of carbonyl (C=O) groups excluding carboxylic acids is 4. The van der Waals surface area contributed by atoms with E-state index in [9.17, 15) is 19.2 Å². The van der Waals surface area contributed by atoms with Gasteiger partial charge in [0.15, 0.2) is 0 Å². The lowest BCUT2D eigenvalue weighted by atomic mass is 9.85. The van der Waals surface area contributed by atoms with E-state index in [1.54, 1.807) is 13.1 Å². The quantitative estimate of drug-likeness (QED) is 0.183. The van der Waals surface area contributed by atoms with Gasteiger partial charge in [-0.2, -0.15) is 0 Å². The lowest BCUT2D eigenvalue weighted by Crippen LogP contribution is -2.57. The van der Waals surface area contributed by atoms with Crippen LogP contribution in [0.4, 0.5) is 0 Å². The molecular weight excluding hydrogens is 532 g/mol. The molecule has 0 bridgehead atoms. The van der Waals surface area contributed by atoms with E-state index in [0.29, 0.717) is 12.3 Å². The first kappa shape index (κ1) is 30.8. The SMILES string of the molecule is C[C@H](NC(=O)[C@H](N)CC1CCCCC1)C(=O)N[C@@H](Cc1c[nH]c2ccccc12)C(=O)N[C@@H](Cc1ccccc1)C(N)=O. The first-order valence-electron chi connectivity index (χ1n) is 14.8. The Labute approximate surface area is 246 Å². The van der Waals surface area contributed by atoms with E-state index >= 15 is 0 Å². The van der Waals surface area contributed by atoms with Crippen LogP contribution in [-0.4, -0.2) is 52.8 Å². The van der Waals surface area contributed by atoms with Crippen molar-refractivity contribution in [1.82, 2.24) is 20.9 Å². The number of aromatic nitrogens is 1. The summed E-state index contributed by atoms with van der Waals surface area (Å²) < 4.78 is 0. The highest BCUT2D eigenvalue weighted by atomic mass is 16.2. The van der Waals surface area contributed by atoms with Crippen molar-refractivity contribution in [3.63, 3.8) is 0 Å². The fourth-order valence-electron chi connectivity index (χ4n) is 5.65. The van der Waals surface area contributed by atoms with E-state index in [1.807, 2.05) is 54.6 Å². The first-order chi connectivity index (χ1) is 20.2. The average Bonchev–Trinajstić information content (AvgIpc) is 3.40. The van der Waals surface area contributed by atoms with Crippen molar-refractivity contribution in [2.24, 2.45) is 17.4 Å². The second-order valence-corrected chi connectivity index (χ2v) is 11.4. The number of para-hydroxylation sites is 1. The van der Waals surface area contributed by atoms with E-state index < -0.39 is 47.8 Å². The second kappa shape index (κ2) is 14.6. The Balaban J connectivity index is 1.45. The molecule has 0 spiro atoms. The minimum atomic E-state index is -1.04. The number of nitrogens with two attached hydrogens (primary N) is 2. The highest BCUT2D eigenvalue weighted by molar-refractivity contribution is 5.95. The van der Waals surface area contributed by atoms with Gasteiger partial charge in [0.05, 0.1) is 6.04 Å². The maximum Gasteiger partial charge on any atom is 0.243 e. The minimum absolute atomic E-state index is 0.153. The summed E-state index contributed by atoms with van der Waals surface area (Å²) in [5.74, 6) is -1.75. The number of carbonyl (C=O) groups is 4. The zero-order valence-electron chi connectivity index (χ0n) is 24.1. The molecule has 0 aliphatic heterocycles. The molecule has 0 unspecified atom stereocenters. The lowest BCUT2D eigenvalue weighted by molar-refractivity contribution is -0.133. The van der Waals surface area contributed by atoms with Crippen molar-refractivity contribution < 1.29 is 19.2 Å². The normalized spacial score (nSPS) is 16.6. The number of H-pyrrole nitrogens is 1. The number of rotatable bonds is 13. The van der Waals surface area contributed by atoms with Crippen molar-refractivity contribution in [1.29, 1.82) is 0 Å². The van der Waals surface area contributed by atoms with Crippen LogP contribution in [0.15, 0.2) is 60.8 Å². The van der Waals surface area contributed by atoms with E-state index in [2.05, 4.69) is 20.9 Å². The predicted octanol–water partition coefficient (Wildman–Crippen LogP) is 2.21. The van der Waals surface area contributed by atoms with E-state index in [1.165, 1.54) is 6.42 Å². The third-order valence-corrected chi connectivity index (χ3v) is 8.08. The van der Waals surface area contributed by atoms with Gasteiger partial charge >= 0.3 is 0 Å². The first-order valence-corrected chi connectivity index (χ1v) is 14.8. The number of primary amides is 1. The summed E-state index contributed by atoms with van der Waals surface area (Å²) in [6.07, 6.45) is 8.40. The molecule has 1 fully saturated rings. The molecule has 1 heterocycles. The van der Waals surface area contributed by atoms with Crippen LogP contribution in [0.3, 0.4) is 0 Å². The van der Waals surface area contributed by atoms with Crippen molar-refractivity contribution in [2.45, 2.75) is 82.5 Å².